The van der Waals surface area contributed by atoms with E-state index >= 15 is 0 Å². The number of nitrogens with one attached hydrogen (secondary N) is 1. The van der Waals surface area contributed by atoms with Crippen LogP contribution in [0.2, 0.25) is 0 Å². The van der Waals surface area contributed by atoms with E-state index in [0.29, 0.717) is 6.42 Å². The maximum atomic E-state index is 10.6. The Hall–Kier alpha value is -1.33. The van der Waals surface area contributed by atoms with Crippen molar-refractivity contribution in [1.29, 1.82) is 0 Å². The minimum Gasteiger partial charge on any atom is -0.361 e. The van der Waals surface area contributed by atoms with Gasteiger partial charge in [0.1, 0.15) is 0 Å². The number of H-pyrrole nitrogens is 1. The fourth-order valence-corrected chi connectivity index (χ4v) is 2.09. The van der Waals surface area contributed by atoms with Crippen molar-refractivity contribution >= 4 is 21.0 Å². The molecule has 2 aromatic rings. The zero-order valence-electron chi connectivity index (χ0n) is 7.97. The van der Waals surface area contributed by atoms with Gasteiger partial charge in [0.2, 0.25) is 0 Å². The number of benzene rings is 1. The lowest BCUT2D eigenvalue weighted by atomic mass is 10.1. The summed E-state index contributed by atoms with van der Waals surface area (Å²) < 4.78 is 29.9. The Morgan fingerprint density at radius 3 is 2.80 bits per heavy atom. The minimum absolute atomic E-state index is 0.239. The van der Waals surface area contributed by atoms with Gasteiger partial charge in [-0.15, -0.1) is 0 Å². The minimum atomic E-state index is -3.88. The zero-order valence-corrected chi connectivity index (χ0v) is 8.79. The molecule has 0 fully saturated rings. The first-order chi connectivity index (χ1) is 7.06. The smallest absolute Gasteiger partial charge is 0.265 e. The van der Waals surface area contributed by atoms with E-state index < -0.39 is 10.1 Å². The fourth-order valence-electron chi connectivity index (χ4n) is 1.61. The highest BCUT2D eigenvalue weighted by Crippen LogP contribution is 2.17. The first kappa shape index (κ1) is 10.2. The number of aromatic amines is 1. The predicted molar refractivity (Wildman–Crippen MR) is 58.4 cm³/mol. The largest absolute Gasteiger partial charge is 0.361 e. The topological polar surface area (TPSA) is 70.2 Å². The third-order valence-corrected chi connectivity index (χ3v) is 3.03. The molecular formula is C10H11NO3S. The third kappa shape index (κ3) is 2.37. The van der Waals surface area contributed by atoms with Gasteiger partial charge in [-0.1, -0.05) is 12.1 Å². The van der Waals surface area contributed by atoms with Gasteiger partial charge in [0.05, 0.1) is 5.75 Å². The Morgan fingerprint density at radius 1 is 1.27 bits per heavy atom. The van der Waals surface area contributed by atoms with Crippen molar-refractivity contribution in [3.8, 4) is 0 Å². The number of hydrogen-bond donors (Lipinski definition) is 2. The number of hydrogen-bond acceptors (Lipinski definition) is 2. The van der Waals surface area contributed by atoms with Gasteiger partial charge >= 0.3 is 0 Å². The van der Waals surface area contributed by atoms with Gasteiger partial charge in [0.25, 0.3) is 10.1 Å². The van der Waals surface area contributed by atoms with Gasteiger partial charge in [-0.2, -0.15) is 8.42 Å². The van der Waals surface area contributed by atoms with Crippen LogP contribution in [0.3, 0.4) is 0 Å². The second-order valence-electron chi connectivity index (χ2n) is 3.39. The van der Waals surface area contributed by atoms with Crippen molar-refractivity contribution in [2.24, 2.45) is 0 Å². The Bertz CT molecular complexity index is 571. The lowest BCUT2D eigenvalue weighted by Gasteiger charge is -2.01. The van der Waals surface area contributed by atoms with Crippen molar-refractivity contribution in [2.75, 3.05) is 5.75 Å². The van der Waals surface area contributed by atoms with Crippen LogP contribution in [0, 0.1) is 0 Å². The Balaban J connectivity index is 2.32. The first-order valence-corrected chi connectivity index (χ1v) is 6.17. The highest BCUT2D eigenvalue weighted by Gasteiger charge is 2.07. The molecule has 4 nitrogen and oxygen atoms in total. The van der Waals surface area contributed by atoms with E-state index in [9.17, 15) is 8.42 Å². The van der Waals surface area contributed by atoms with Crippen molar-refractivity contribution in [1.82, 2.24) is 4.98 Å². The normalized spacial score (nSPS) is 12.1. The van der Waals surface area contributed by atoms with Crippen molar-refractivity contribution < 1.29 is 13.0 Å². The first-order valence-electron chi connectivity index (χ1n) is 4.56. The van der Waals surface area contributed by atoms with E-state index in [0.717, 1.165) is 16.5 Å². The maximum Gasteiger partial charge on any atom is 0.265 e. The van der Waals surface area contributed by atoms with Crippen LogP contribution in [-0.4, -0.2) is 23.7 Å². The molecule has 0 amide bonds. The summed E-state index contributed by atoms with van der Waals surface area (Å²) in [7, 11) is -3.88. The van der Waals surface area contributed by atoms with Gasteiger partial charge in [-0.3, -0.25) is 4.55 Å². The number of aromatic nitrogens is 1. The molecule has 80 valence electrons. The fraction of sp³-hybridized carbons (Fsp3) is 0.200. The summed E-state index contributed by atoms with van der Waals surface area (Å²) in [6, 6.07) is 7.54. The maximum absolute atomic E-state index is 10.6. The van der Waals surface area contributed by atoms with Crippen LogP contribution in [0.15, 0.2) is 30.5 Å². The second kappa shape index (κ2) is 3.67. The van der Waals surface area contributed by atoms with Crippen LogP contribution in [0.4, 0.5) is 0 Å². The van der Waals surface area contributed by atoms with Crippen LogP contribution in [-0.2, 0) is 16.5 Å². The molecule has 0 saturated heterocycles. The van der Waals surface area contributed by atoms with E-state index in [4.69, 9.17) is 4.55 Å². The highest BCUT2D eigenvalue weighted by molar-refractivity contribution is 7.85. The standard InChI is InChI=1S/C10H11NO3S/c12-15(13,14)7-5-8-2-1-3-10-9(8)4-6-11-10/h1-4,6,11H,5,7H2,(H,12,13,14). The van der Waals surface area contributed by atoms with Crippen molar-refractivity contribution in [2.45, 2.75) is 6.42 Å². The molecule has 0 spiro atoms. The Labute approximate surface area is 87.7 Å². The predicted octanol–water partition coefficient (Wildman–Crippen LogP) is 1.60. The molecule has 5 heteroatoms. The van der Waals surface area contributed by atoms with Crippen LogP contribution in [0.1, 0.15) is 5.56 Å². The van der Waals surface area contributed by atoms with Gasteiger partial charge in [0.15, 0.2) is 0 Å². The highest BCUT2D eigenvalue weighted by atomic mass is 32.2. The molecule has 0 aliphatic heterocycles. The molecule has 2 N–H and O–H groups in total. The van der Waals surface area contributed by atoms with Gasteiger partial charge in [-0.05, 0) is 24.1 Å². The molecule has 1 heterocycles. The van der Waals surface area contributed by atoms with E-state index in [1.165, 1.54) is 0 Å². The number of fused-ring (bicyclic) bond motifs is 1. The summed E-state index contributed by atoms with van der Waals surface area (Å²) >= 11 is 0. The van der Waals surface area contributed by atoms with E-state index in [1.807, 2.05) is 30.5 Å². The molecule has 1 aromatic heterocycles. The molecule has 0 saturated carbocycles. The lowest BCUT2D eigenvalue weighted by Crippen LogP contribution is -2.06. The molecular weight excluding hydrogens is 214 g/mol. The summed E-state index contributed by atoms with van der Waals surface area (Å²) in [5.41, 5.74) is 1.90. The molecule has 0 bridgehead atoms. The molecule has 0 unspecified atom stereocenters. The van der Waals surface area contributed by atoms with Crippen molar-refractivity contribution in [3.63, 3.8) is 0 Å². The van der Waals surface area contributed by atoms with Crippen LogP contribution in [0.5, 0.6) is 0 Å². The SMILES string of the molecule is O=S(=O)(O)CCc1cccc2[nH]ccc12. The third-order valence-electron chi connectivity index (χ3n) is 2.31. The molecule has 15 heavy (non-hydrogen) atoms. The van der Waals surface area contributed by atoms with E-state index in [1.54, 1.807) is 0 Å². The second-order valence-corrected chi connectivity index (χ2v) is 4.96. The molecule has 0 atom stereocenters. The van der Waals surface area contributed by atoms with Gasteiger partial charge in [0, 0.05) is 17.1 Å². The van der Waals surface area contributed by atoms with E-state index in [2.05, 4.69) is 4.98 Å². The van der Waals surface area contributed by atoms with Gasteiger partial charge < -0.3 is 4.98 Å². The molecule has 2 rings (SSSR count). The average molecular weight is 225 g/mol. The number of aryl methyl sites for hydroxylation is 1. The molecule has 0 aliphatic rings. The summed E-state index contributed by atoms with van der Waals surface area (Å²) in [5.74, 6) is -0.239. The van der Waals surface area contributed by atoms with E-state index in [-0.39, 0.29) is 5.75 Å². The number of rotatable bonds is 3. The summed E-state index contributed by atoms with van der Waals surface area (Å²) in [6.07, 6.45) is 2.13. The van der Waals surface area contributed by atoms with Crippen LogP contribution < -0.4 is 0 Å². The summed E-state index contributed by atoms with van der Waals surface area (Å²) in [5, 5.41) is 1.00. The quantitative estimate of drug-likeness (QED) is 0.779. The van der Waals surface area contributed by atoms with Gasteiger partial charge in [-0.25, -0.2) is 0 Å². The van der Waals surface area contributed by atoms with Crippen molar-refractivity contribution in [3.05, 3.63) is 36.0 Å². The van der Waals surface area contributed by atoms with Crippen LogP contribution in [0.25, 0.3) is 10.9 Å². The monoisotopic (exact) mass is 225 g/mol. The lowest BCUT2D eigenvalue weighted by molar-refractivity contribution is 0.483. The Kier molecular flexibility index (Phi) is 2.50. The summed E-state index contributed by atoms with van der Waals surface area (Å²) in [4.78, 5) is 3.05. The molecule has 0 aliphatic carbocycles. The zero-order chi connectivity index (χ0) is 10.9. The Morgan fingerprint density at radius 2 is 2.07 bits per heavy atom. The molecule has 0 radical (unpaired) electrons. The average Bonchev–Trinajstić information content (AvgIpc) is 2.61. The molecule has 1 aromatic carbocycles. The summed E-state index contributed by atoms with van der Waals surface area (Å²) in [6.45, 7) is 0. The van der Waals surface area contributed by atoms with Crippen LogP contribution >= 0.6 is 0 Å².